The van der Waals surface area contributed by atoms with Crippen LogP contribution in [-0.4, -0.2) is 35.1 Å². The number of nitrogens with zero attached hydrogens (tertiary/aromatic N) is 1. The van der Waals surface area contributed by atoms with Gasteiger partial charge in [0.15, 0.2) is 9.84 Å². The minimum atomic E-state index is -3.29. The molecule has 7 heteroatoms. The average Bonchev–Trinajstić information content (AvgIpc) is 2.43. The number of halogens is 1. The maximum absolute atomic E-state index is 11.6. The molecule has 0 aliphatic rings. The summed E-state index contributed by atoms with van der Waals surface area (Å²) in [5.74, 6) is -1.14. The number of aromatic carboxylic acids is 1. The molecule has 5 nitrogen and oxygen atoms in total. The molecule has 0 fully saturated rings. The summed E-state index contributed by atoms with van der Waals surface area (Å²) in [6, 6.07) is 1.29. The fourth-order valence-electron chi connectivity index (χ4n) is 1.31. The predicted octanol–water partition coefficient (Wildman–Crippen LogP) is 1.66. The molecule has 0 amide bonds. The molecule has 0 bridgehead atoms. The third kappa shape index (κ3) is 3.01. The third-order valence-electron chi connectivity index (χ3n) is 2.64. The van der Waals surface area contributed by atoms with Crippen LogP contribution in [0.2, 0.25) is 5.02 Å². The van der Waals surface area contributed by atoms with E-state index < -0.39 is 20.6 Å². The summed E-state index contributed by atoms with van der Waals surface area (Å²) < 4.78 is 23.4. The molecule has 0 unspecified atom stereocenters. The van der Waals surface area contributed by atoms with E-state index in [-0.39, 0.29) is 17.3 Å². The molecule has 0 aromatic carbocycles. The van der Waals surface area contributed by atoms with Crippen LogP contribution in [0.4, 0.5) is 0 Å². The van der Waals surface area contributed by atoms with Crippen molar-refractivity contribution in [2.45, 2.75) is 25.1 Å². The molecule has 0 aliphatic heterocycles. The standard InChI is InChI=1S/C10H14ClNO4S/c1-10(2,17(3,15)16)6-12-5-7(11)4-8(12)9(13)14/h4-5H,6H2,1-3H3,(H,13,14). The Hall–Kier alpha value is -1.01. The number of sulfone groups is 1. The zero-order chi connectivity index (χ0) is 13.4. The Balaban J connectivity index is 3.16. The fourth-order valence-corrected chi connectivity index (χ4v) is 1.91. The van der Waals surface area contributed by atoms with Crippen molar-refractivity contribution in [3.8, 4) is 0 Å². The zero-order valence-corrected chi connectivity index (χ0v) is 11.3. The van der Waals surface area contributed by atoms with E-state index in [4.69, 9.17) is 16.7 Å². The van der Waals surface area contributed by atoms with E-state index in [2.05, 4.69) is 0 Å². The van der Waals surface area contributed by atoms with Crippen LogP contribution < -0.4 is 0 Å². The van der Waals surface area contributed by atoms with Crippen LogP contribution in [0.15, 0.2) is 12.3 Å². The molecule has 17 heavy (non-hydrogen) atoms. The van der Waals surface area contributed by atoms with E-state index in [0.717, 1.165) is 6.26 Å². The Morgan fingerprint density at radius 2 is 2.06 bits per heavy atom. The summed E-state index contributed by atoms with van der Waals surface area (Å²) in [6.45, 7) is 3.13. The summed E-state index contributed by atoms with van der Waals surface area (Å²) in [7, 11) is -3.29. The van der Waals surface area contributed by atoms with Crippen molar-refractivity contribution in [2.75, 3.05) is 6.26 Å². The van der Waals surface area contributed by atoms with Crippen LogP contribution >= 0.6 is 11.6 Å². The molecular weight excluding hydrogens is 266 g/mol. The molecule has 0 spiro atoms. The van der Waals surface area contributed by atoms with Crippen molar-refractivity contribution in [2.24, 2.45) is 0 Å². The van der Waals surface area contributed by atoms with Gasteiger partial charge in [-0.1, -0.05) is 11.6 Å². The number of hydrogen-bond donors (Lipinski definition) is 1. The molecule has 0 saturated carbocycles. The highest BCUT2D eigenvalue weighted by Crippen LogP contribution is 2.22. The first-order valence-corrected chi connectivity index (χ1v) is 7.10. The van der Waals surface area contributed by atoms with Crippen molar-refractivity contribution >= 4 is 27.4 Å². The van der Waals surface area contributed by atoms with Crippen LogP contribution in [-0.2, 0) is 16.4 Å². The van der Waals surface area contributed by atoms with E-state index in [0.29, 0.717) is 0 Å². The number of rotatable bonds is 4. The molecule has 1 aromatic rings. The molecule has 0 aliphatic carbocycles. The summed E-state index contributed by atoms with van der Waals surface area (Å²) in [6.07, 6.45) is 2.54. The number of hydrogen-bond acceptors (Lipinski definition) is 3. The van der Waals surface area contributed by atoms with Crippen molar-refractivity contribution < 1.29 is 18.3 Å². The van der Waals surface area contributed by atoms with Crippen molar-refractivity contribution in [1.29, 1.82) is 0 Å². The fraction of sp³-hybridized carbons (Fsp3) is 0.500. The molecule has 1 rings (SSSR count). The predicted molar refractivity (Wildman–Crippen MR) is 65.3 cm³/mol. The van der Waals surface area contributed by atoms with Gasteiger partial charge >= 0.3 is 5.97 Å². The van der Waals surface area contributed by atoms with Crippen molar-refractivity contribution in [3.05, 3.63) is 23.0 Å². The molecule has 96 valence electrons. The van der Waals surface area contributed by atoms with Crippen LogP contribution in [0, 0.1) is 0 Å². The number of carboxylic acid groups (broad SMARTS) is 1. The third-order valence-corrected chi connectivity index (χ3v) is 4.98. The SMILES string of the molecule is CC(C)(Cn1cc(Cl)cc1C(=O)O)S(C)(=O)=O. The Kier molecular flexibility index (Phi) is 3.59. The van der Waals surface area contributed by atoms with Gasteiger partial charge in [0.1, 0.15) is 5.69 Å². The topological polar surface area (TPSA) is 76.4 Å². The lowest BCUT2D eigenvalue weighted by Gasteiger charge is -2.23. The van der Waals surface area contributed by atoms with E-state index in [1.54, 1.807) is 13.8 Å². The first kappa shape index (κ1) is 14.1. The van der Waals surface area contributed by atoms with Gasteiger partial charge in [-0.25, -0.2) is 13.2 Å². The molecule has 1 N–H and O–H groups in total. The highest BCUT2D eigenvalue weighted by atomic mass is 35.5. The van der Waals surface area contributed by atoms with Gasteiger partial charge in [-0.2, -0.15) is 0 Å². The maximum Gasteiger partial charge on any atom is 0.352 e. The summed E-state index contributed by atoms with van der Waals surface area (Å²) in [5, 5.41) is 9.22. The lowest BCUT2D eigenvalue weighted by molar-refractivity contribution is 0.0684. The Bertz CT molecular complexity index is 545. The summed E-state index contributed by atoms with van der Waals surface area (Å²) in [4.78, 5) is 10.9. The smallest absolute Gasteiger partial charge is 0.352 e. The average molecular weight is 280 g/mol. The van der Waals surface area contributed by atoms with E-state index in [9.17, 15) is 13.2 Å². The normalized spacial score (nSPS) is 12.7. The minimum absolute atomic E-state index is 0.0216. The lowest BCUT2D eigenvalue weighted by atomic mass is 10.2. The highest BCUT2D eigenvalue weighted by molar-refractivity contribution is 7.92. The van der Waals surface area contributed by atoms with Crippen LogP contribution in [0.5, 0.6) is 0 Å². The van der Waals surface area contributed by atoms with Gasteiger partial charge in [0, 0.05) is 19.0 Å². The van der Waals surface area contributed by atoms with Crippen molar-refractivity contribution in [3.63, 3.8) is 0 Å². The highest BCUT2D eigenvalue weighted by Gasteiger charge is 2.31. The molecule has 0 atom stereocenters. The van der Waals surface area contributed by atoms with Crippen molar-refractivity contribution in [1.82, 2.24) is 4.57 Å². The molecule has 1 aromatic heterocycles. The summed E-state index contributed by atoms with van der Waals surface area (Å²) in [5.41, 5.74) is -0.0216. The number of carbonyl (C=O) groups is 1. The second-order valence-corrected chi connectivity index (χ2v) is 7.59. The minimum Gasteiger partial charge on any atom is -0.477 e. The van der Waals surface area contributed by atoms with Gasteiger partial charge in [0.05, 0.1) is 9.77 Å². The quantitative estimate of drug-likeness (QED) is 0.909. The van der Waals surface area contributed by atoms with Gasteiger partial charge in [-0.05, 0) is 19.9 Å². The van der Waals surface area contributed by atoms with E-state index in [1.807, 2.05) is 0 Å². The van der Waals surface area contributed by atoms with E-state index >= 15 is 0 Å². The molecular formula is C10H14ClNO4S. The number of carboxylic acids is 1. The number of aromatic nitrogens is 1. The van der Waals surface area contributed by atoms with Crippen LogP contribution in [0.3, 0.4) is 0 Å². The molecule has 0 saturated heterocycles. The Morgan fingerprint density at radius 1 is 1.53 bits per heavy atom. The van der Waals surface area contributed by atoms with Gasteiger partial charge in [-0.3, -0.25) is 0 Å². The second kappa shape index (κ2) is 4.34. The monoisotopic (exact) mass is 279 g/mol. The van der Waals surface area contributed by atoms with Crippen LogP contribution in [0.25, 0.3) is 0 Å². The second-order valence-electron chi connectivity index (χ2n) is 4.51. The van der Waals surface area contributed by atoms with Crippen LogP contribution in [0.1, 0.15) is 24.3 Å². The summed E-state index contributed by atoms with van der Waals surface area (Å²) >= 11 is 5.72. The zero-order valence-electron chi connectivity index (χ0n) is 9.77. The Labute approximate surface area is 105 Å². The Morgan fingerprint density at radius 3 is 2.47 bits per heavy atom. The first-order valence-electron chi connectivity index (χ1n) is 4.83. The van der Waals surface area contributed by atoms with Gasteiger partial charge in [-0.15, -0.1) is 0 Å². The molecule has 0 radical (unpaired) electrons. The van der Waals surface area contributed by atoms with Gasteiger partial charge in [0.2, 0.25) is 0 Å². The van der Waals surface area contributed by atoms with Gasteiger partial charge in [0.25, 0.3) is 0 Å². The van der Waals surface area contributed by atoms with Gasteiger partial charge < -0.3 is 9.67 Å². The first-order chi connectivity index (χ1) is 7.54. The maximum atomic E-state index is 11.6. The van der Waals surface area contributed by atoms with E-state index in [1.165, 1.54) is 16.8 Å². The lowest BCUT2D eigenvalue weighted by Crippen LogP contribution is -2.36. The molecule has 1 heterocycles. The largest absolute Gasteiger partial charge is 0.477 e.